The van der Waals surface area contributed by atoms with Gasteiger partial charge in [0.25, 0.3) is 0 Å². The van der Waals surface area contributed by atoms with E-state index in [-0.39, 0.29) is 0 Å². The highest BCUT2D eigenvalue weighted by Gasteiger charge is 2.20. The number of nitrogens with zero attached hydrogens (tertiary/aromatic N) is 10. The Labute approximate surface area is 424 Å². The van der Waals surface area contributed by atoms with Gasteiger partial charge >= 0.3 is 0 Å². The minimum Gasteiger partial charge on any atom is -0.309 e. The number of aromatic nitrogens is 10. The van der Waals surface area contributed by atoms with Crippen LogP contribution in [0.2, 0.25) is 0 Å². The van der Waals surface area contributed by atoms with Gasteiger partial charge in [0.05, 0.1) is 44.8 Å². The van der Waals surface area contributed by atoms with Crippen LogP contribution in [-0.4, -0.2) is 49.0 Å². The number of para-hydroxylation sites is 2. The molecule has 0 saturated heterocycles. The number of pyridine rings is 4. The molecular weight excluding hydrogens is 909 g/mol. The molecule has 14 aromatic rings. The fraction of sp³-hybridized carbons (Fsp3) is 0. The van der Waals surface area contributed by atoms with E-state index in [1.165, 1.54) is 16.2 Å². The van der Waals surface area contributed by atoms with E-state index in [9.17, 15) is 0 Å². The van der Waals surface area contributed by atoms with Crippen LogP contribution < -0.4 is 0 Å². The monoisotopic (exact) mass is 948 g/mol. The molecule has 14 rings (SSSR count). The first-order valence-electron chi connectivity index (χ1n) is 24.4. The lowest BCUT2D eigenvalue weighted by Gasteiger charge is -2.13. The van der Waals surface area contributed by atoms with Crippen molar-refractivity contribution < 1.29 is 0 Å². The van der Waals surface area contributed by atoms with Crippen molar-refractivity contribution in [2.45, 2.75) is 0 Å². The fourth-order valence-electron chi connectivity index (χ4n) is 10.4. The van der Waals surface area contributed by atoms with Crippen molar-refractivity contribution in [3.05, 3.63) is 244 Å². The second kappa shape index (κ2) is 17.8. The Hall–Kier alpha value is -10.3. The van der Waals surface area contributed by atoms with Crippen LogP contribution in [0.5, 0.6) is 0 Å². The summed E-state index contributed by atoms with van der Waals surface area (Å²) in [6.45, 7) is 0. The molecule has 0 amide bonds. The third-order valence-corrected chi connectivity index (χ3v) is 13.8. The summed E-state index contributed by atoms with van der Waals surface area (Å²) < 4.78 is 4.71. The fourth-order valence-corrected chi connectivity index (χ4v) is 10.4. The van der Waals surface area contributed by atoms with Gasteiger partial charge in [-0.2, -0.15) is 0 Å². The Morgan fingerprint density at radius 1 is 0.257 bits per heavy atom. The van der Waals surface area contributed by atoms with Gasteiger partial charge in [-0.25, -0.2) is 19.9 Å². The van der Waals surface area contributed by atoms with Crippen LogP contribution in [0.25, 0.3) is 134 Å². The van der Waals surface area contributed by atoms with Crippen LogP contribution in [-0.2, 0) is 0 Å². The number of hydrogen-bond acceptors (Lipinski definition) is 8. The number of rotatable bonds is 9. The molecule has 0 saturated carbocycles. The quantitative estimate of drug-likeness (QED) is 0.141. The lowest BCUT2D eigenvalue weighted by atomic mass is 9.98. The van der Waals surface area contributed by atoms with Gasteiger partial charge in [-0.05, 0) is 126 Å². The van der Waals surface area contributed by atoms with Crippen LogP contribution in [0.4, 0.5) is 0 Å². The van der Waals surface area contributed by atoms with Crippen molar-refractivity contribution >= 4 is 43.6 Å². The second-order valence-corrected chi connectivity index (χ2v) is 18.1. The molecule has 0 bridgehead atoms. The van der Waals surface area contributed by atoms with E-state index in [1.54, 1.807) is 49.6 Å². The summed E-state index contributed by atoms with van der Waals surface area (Å²) in [5, 5.41) is 4.67. The van der Waals surface area contributed by atoms with Crippen molar-refractivity contribution in [3.8, 4) is 90.3 Å². The maximum Gasteiger partial charge on any atom is 0.160 e. The highest BCUT2D eigenvalue weighted by Crippen LogP contribution is 2.42. The van der Waals surface area contributed by atoms with E-state index in [0.717, 1.165) is 106 Å². The van der Waals surface area contributed by atoms with Crippen molar-refractivity contribution in [1.29, 1.82) is 0 Å². The second-order valence-electron chi connectivity index (χ2n) is 18.1. The summed E-state index contributed by atoms with van der Waals surface area (Å²) >= 11 is 0. The molecule has 0 aliphatic carbocycles. The summed E-state index contributed by atoms with van der Waals surface area (Å²) in [7, 11) is 0. The molecule has 6 aromatic carbocycles. The Balaban J connectivity index is 0.887. The molecule has 8 heterocycles. The van der Waals surface area contributed by atoms with Crippen LogP contribution in [0.15, 0.2) is 244 Å². The highest BCUT2D eigenvalue weighted by atomic mass is 15.0. The maximum atomic E-state index is 5.14. The van der Waals surface area contributed by atoms with Crippen LogP contribution in [0.3, 0.4) is 0 Å². The smallest absolute Gasteiger partial charge is 0.160 e. The molecule has 0 unspecified atom stereocenters. The zero-order valence-corrected chi connectivity index (χ0v) is 39.6. The Kier molecular flexibility index (Phi) is 10.2. The van der Waals surface area contributed by atoms with E-state index in [0.29, 0.717) is 11.6 Å². The topological polar surface area (TPSA) is 113 Å². The van der Waals surface area contributed by atoms with Gasteiger partial charge in [0, 0.05) is 116 Å². The van der Waals surface area contributed by atoms with Gasteiger partial charge in [-0.15, -0.1) is 0 Å². The SMILES string of the molecule is c1cc(-c2nc(-c3ccncc3)cc(-c3ccncc3)n2)cc(-n2c3ccccc3c3cc(-c4cccc5c4c4ccccc4n5-c4cccc(-c5nc(-c6ccncc6)cc(-c6ccncc6)n5)c4)ccc32)c1. The average Bonchev–Trinajstić information content (AvgIpc) is 4.01. The van der Waals surface area contributed by atoms with Gasteiger partial charge < -0.3 is 9.13 Å². The van der Waals surface area contributed by atoms with E-state index in [1.807, 2.05) is 60.7 Å². The first kappa shape index (κ1) is 42.5. The van der Waals surface area contributed by atoms with Gasteiger partial charge in [0.15, 0.2) is 11.6 Å². The minimum absolute atomic E-state index is 0.632. The summed E-state index contributed by atoms with van der Waals surface area (Å²) in [5.74, 6) is 1.26. The minimum atomic E-state index is 0.632. The summed E-state index contributed by atoms with van der Waals surface area (Å²) in [6, 6.07) is 67.8. The van der Waals surface area contributed by atoms with Crippen molar-refractivity contribution in [1.82, 2.24) is 49.0 Å². The molecular formula is C64H40N10. The lowest BCUT2D eigenvalue weighted by Crippen LogP contribution is -1.98. The first-order chi connectivity index (χ1) is 36.7. The molecule has 0 atom stereocenters. The summed E-state index contributed by atoms with van der Waals surface area (Å²) in [6.07, 6.45) is 14.3. The van der Waals surface area contributed by atoms with Crippen LogP contribution in [0, 0.1) is 0 Å². The van der Waals surface area contributed by atoms with Crippen molar-refractivity contribution in [2.24, 2.45) is 0 Å². The zero-order chi connectivity index (χ0) is 49.0. The standard InChI is InChI=1S/C64H40N10/c1-3-15-58-51(12-1)53-38-45(18-19-60(53)73(58)48-10-5-8-46(36-48)63-69-54(41-20-28-65-29-21-41)39-55(70-63)42-22-30-66-31-23-42)50-14-7-17-61-62(50)52-13-2-4-16-59(52)74(61)49-11-6-9-47(37-49)64-71-56(43-24-32-67-33-25-43)40-57(72-64)44-26-34-68-35-27-44/h1-40H. The largest absolute Gasteiger partial charge is 0.309 e. The van der Waals surface area contributed by atoms with Crippen molar-refractivity contribution in [2.75, 3.05) is 0 Å². The number of benzene rings is 6. The van der Waals surface area contributed by atoms with Crippen LogP contribution >= 0.6 is 0 Å². The van der Waals surface area contributed by atoms with E-state index in [2.05, 4.69) is 163 Å². The zero-order valence-electron chi connectivity index (χ0n) is 39.6. The normalized spacial score (nSPS) is 11.5. The first-order valence-corrected chi connectivity index (χ1v) is 24.4. The van der Waals surface area contributed by atoms with Gasteiger partial charge in [0.2, 0.25) is 0 Å². The van der Waals surface area contributed by atoms with E-state index < -0.39 is 0 Å². The molecule has 0 radical (unpaired) electrons. The van der Waals surface area contributed by atoms with E-state index >= 15 is 0 Å². The molecule has 8 aromatic heterocycles. The van der Waals surface area contributed by atoms with E-state index in [4.69, 9.17) is 19.9 Å². The lowest BCUT2D eigenvalue weighted by molar-refractivity contribution is 1.15. The van der Waals surface area contributed by atoms with Crippen LogP contribution in [0.1, 0.15) is 0 Å². The molecule has 74 heavy (non-hydrogen) atoms. The number of fused-ring (bicyclic) bond motifs is 6. The third kappa shape index (κ3) is 7.44. The molecule has 0 fully saturated rings. The molecule has 10 heteroatoms. The van der Waals surface area contributed by atoms with Gasteiger partial charge in [-0.1, -0.05) is 78.9 Å². The molecule has 0 spiro atoms. The molecule has 0 N–H and O–H groups in total. The third-order valence-electron chi connectivity index (χ3n) is 13.8. The molecule has 0 aliphatic rings. The van der Waals surface area contributed by atoms with Gasteiger partial charge in [0.1, 0.15) is 0 Å². The molecule has 346 valence electrons. The average molecular weight is 949 g/mol. The predicted molar refractivity (Wildman–Crippen MR) is 296 cm³/mol. The molecule has 10 nitrogen and oxygen atoms in total. The van der Waals surface area contributed by atoms with Gasteiger partial charge in [-0.3, -0.25) is 19.9 Å². The van der Waals surface area contributed by atoms with Crippen molar-refractivity contribution in [3.63, 3.8) is 0 Å². The Morgan fingerprint density at radius 2 is 0.662 bits per heavy atom. The predicted octanol–water partition coefficient (Wildman–Crippen LogP) is 14.7. The Morgan fingerprint density at radius 3 is 1.16 bits per heavy atom. The maximum absolute atomic E-state index is 5.14. The Bertz CT molecular complexity index is 4310. The summed E-state index contributed by atoms with van der Waals surface area (Å²) in [5.41, 5.74) is 17.7. The summed E-state index contributed by atoms with van der Waals surface area (Å²) in [4.78, 5) is 37.5. The highest BCUT2D eigenvalue weighted by molar-refractivity contribution is 6.17. The number of hydrogen-bond donors (Lipinski definition) is 0. The molecule has 0 aliphatic heterocycles.